The molecule has 3 N–H and O–H groups in total. The van der Waals surface area contributed by atoms with Gasteiger partial charge in [0.2, 0.25) is 5.95 Å². The number of aromatic nitrogens is 4. The van der Waals surface area contributed by atoms with Gasteiger partial charge in [0.15, 0.2) is 0 Å². The maximum Gasteiger partial charge on any atom is 0.404 e. The van der Waals surface area contributed by atoms with Gasteiger partial charge in [-0.3, -0.25) is 0 Å². The van der Waals surface area contributed by atoms with E-state index in [9.17, 15) is 4.79 Å². The van der Waals surface area contributed by atoms with Crippen molar-refractivity contribution in [1.82, 2.24) is 24.8 Å². The molecular weight excluding hydrogens is 332 g/mol. The van der Waals surface area contributed by atoms with Crippen LogP contribution in [0.1, 0.15) is 51.4 Å². The van der Waals surface area contributed by atoms with Crippen LogP contribution in [0.25, 0.3) is 11.4 Å². The van der Waals surface area contributed by atoms with Crippen molar-refractivity contribution in [3.63, 3.8) is 0 Å². The number of imidazole rings is 1. The lowest BCUT2D eigenvalue weighted by atomic mass is 9.91. The molecule has 0 bridgehead atoms. The van der Waals surface area contributed by atoms with E-state index in [1.165, 1.54) is 0 Å². The number of anilines is 1. The first-order chi connectivity index (χ1) is 12.4. The number of amides is 1. The van der Waals surface area contributed by atoms with Crippen LogP contribution in [0.3, 0.4) is 0 Å². The van der Waals surface area contributed by atoms with E-state index in [-0.39, 0.29) is 12.1 Å². The molecule has 0 unspecified atom stereocenters. The third-order valence-electron chi connectivity index (χ3n) is 4.80. The van der Waals surface area contributed by atoms with Gasteiger partial charge in [-0.1, -0.05) is 0 Å². The van der Waals surface area contributed by atoms with Gasteiger partial charge in [0.25, 0.3) is 0 Å². The average molecular weight is 358 g/mol. The highest BCUT2D eigenvalue weighted by Gasteiger charge is 2.23. The zero-order chi connectivity index (χ0) is 18.7. The minimum absolute atomic E-state index is 0.0428. The Morgan fingerprint density at radius 1 is 1.23 bits per heavy atom. The second kappa shape index (κ2) is 7.72. The summed E-state index contributed by atoms with van der Waals surface area (Å²) < 4.78 is 2.16. The average Bonchev–Trinajstić information content (AvgIpc) is 2.98. The lowest BCUT2D eigenvalue weighted by Gasteiger charge is -2.28. The normalized spacial score (nSPS) is 20.2. The molecule has 1 aliphatic carbocycles. The van der Waals surface area contributed by atoms with Crippen LogP contribution in [0.4, 0.5) is 10.7 Å². The van der Waals surface area contributed by atoms with Gasteiger partial charge in [0.05, 0.1) is 17.6 Å². The van der Waals surface area contributed by atoms with E-state index in [4.69, 9.17) is 5.11 Å². The quantitative estimate of drug-likeness (QED) is 0.758. The van der Waals surface area contributed by atoms with Gasteiger partial charge in [-0.2, -0.15) is 0 Å². The summed E-state index contributed by atoms with van der Waals surface area (Å²) in [6, 6.07) is 2.50. The summed E-state index contributed by atoms with van der Waals surface area (Å²) in [4.78, 5) is 24.2. The van der Waals surface area contributed by atoms with Crippen molar-refractivity contribution in [3.8, 4) is 11.4 Å². The molecule has 2 aromatic rings. The molecule has 0 radical (unpaired) electrons. The monoisotopic (exact) mass is 358 g/mol. The summed E-state index contributed by atoms with van der Waals surface area (Å²) in [6.45, 7) is 6.25. The molecule has 1 saturated carbocycles. The molecule has 8 heteroatoms. The summed E-state index contributed by atoms with van der Waals surface area (Å²) in [5.74, 6) is 1.57. The molecule has 26 heavy (non-hydrogen) atoms. The maximum absolute atomic E-state index is 10.7. The summed E-state index contributed by atoms with van der Waals surface area (Å²) in [5.41, 5.74) is 1.83. The predicted octanol–water partition coefficient (Wildman–Crippen LogP) is 3.22. The fourth-order valence-corrected chi connectivity index (χ4v) is 3.60. The Labute approximate surface area is 153 Å². The Bertz CT molecular complexity index is 765. The van der Waals surface area contributed by atoms with Crippen LogP contribution in [0.5, 0.6) is 0 Å². The molecular formula is C18H26N6O2. The molecule has 0 aromatic carbocycles. The fourth-order valence-electron chi connectivity index (χ4n) is 3.60. The second-order valence-electron chi connectivity index (χ2n) is 7.06. The van der Waals surface area contributed by atoms with Gasteiger partial charge >= 0.3 is 6.09 Å². The maximum atomic E-state index is 10.7. The number of hydrogen-bond acceptors (Lipinski definition) is 5. The minimum atomic E-state index is -0.950. The Morgan fingerprint density at radius 2 is 1.92 bits per heavy atom. The standard InChI is InChI=1S/C18H26N6O2/c1-11(2)24-12(3)20-10-16(24)15-8-9-19-17(23-15)21-13-4-6-14(7-5-13)22-18(25)26/h8-11,13-14,22H,4-7H2,1-3H3,(H,25,26)(H,19,21,23). The summed E-state index contributed by atoms with van der Waals surface area (Å²) >= 11 is 0. The molecule has 1 aliphatic rings. The van der Waals surface area contributed by atoms with Crippen molar-refractivity contribution in [1.29, 1.82) is 0 Å². The third kappa shape index (κ3) is 4.12. The van der Waals surface area contributed by atoms with Crippen molar-refractivity contribution in [2.75, 3.05) is 5.32 Å². The number of hydrogen-bond donors (Lipinski definition) is 3. The van der Waals surface area contributed by atoms with Crippen LogP contribution in [-0.2, 0) is 0 Å². The zero-order valence-corrected chi connectivity index (χ0v) is 15.4. The molecule has 2 heterocycles. The molecule has 0 saturated heterocycles. The lowest BCUT2D eigenvalue weighted by Crippen LogP contribution is -2.39. The van der Waals surface area contributed by atoms with E-state index in [0.717, 1.165) is 42.9 Å². The Morgan fingerprint density at radius 3 is 2.58 bits per heavy atom. The van der Waals surface area contributed by atoms with E-state index >= 15 is 0 Å². The van der Waals surface area contributed by atoms with E-state index in [1.54, 1.807) is 6.20 Å². The molecule has 8 nitrogen and oxygen atoms in total. The van der Waals surface area contributed by atoms with Crippen molar-refractivity contribution >= 4 is 12.0 Å². The molecule has 140 valence electrons. The zero-order valence-electron chi connectivity index (χ0n) is 15.4. The highest BCUT2D eigenvalue weighted by Crippen LogP contribution is 2.25. The Balaban J connectivity index is 1.68. The van der Waals surface area contributed by atoms with Crippen molar-refractivity contribution in [3.05, 3.63) is 24.3 Å². The molecule has 0 spiro atoms. The highest BCUT2D eigenvalue weighted by molar-refractivity contribution is 5.64. The lowest BCUT2D eigenvalue weighted by molar-refractivity contribution is 0.185. The Kier molecular flexibility index (Phi) is 5.39. The first-order valence-corrected chi connectivity index (χ1v) is 9.07. The summed E-state index contributed by atoms with van der Waals surface area (Å²) in [6.07, 6.45) is 6.09. The van der Waals surface area contributed by atoms with Crippen LogP contribution >= 0.6 is 0 Å². The van der Waals surface area contributed by atoms with Crippen molar-refractivity contribution in [2.45, 2.75) is 64.6 Å². The molecule has 3 rings (SSSR count). The molecule has 2 aromatic heterocycles. The van der Waals surface area contributed by atoms with Gasteiger partial charge in [-0.25, -0.2) is 19.7 Å². The number of nitrogens with one attached hydrogen (secondary N) is 2. The molecule has 1 amide bonds. The van der Waals surface area contributed by atoms with Crippen LogP contribution in [-0.4, -0.2) is 42.8 Å². The SMILES string of the molecule is Cc1ncc(-c2ccnc(NC3CCC(NC(=O)O)CC3)n2)n1C(C)C. The largest absolute Gasteiger partial charge is 0.465 e. The van der Waals surface area contributed by atoms with Gasteiger partial charge in [0, 0.05) is 24.3 Å². The van der Waals surface area contributed by atoms with Crippen LogP contribution < -0.4 is 10.6 Å². The van der Waals surface area contributed by atoms with Gasteiger partial charge in [0.1, 0.15) is 5.82 Å². The van der Waals surface area contributed by atoms with Gasteiger partial charge in [-0.05, 0) is 52.5 Å². The fraction of sp³-hybridized carbons (Fsp3) is 0.556. The first kappa shape index (κ1) is 18.2. The van der Waals surface area contributed by atoms with Crippen LogP contribution in [0.2, 0.25) is 0 Å². The van der Waals surface area contributed by atoms with E-state index in [0.29, 0.717) is 12.0 Å². The molecule has 1 fully saturated rings. The summed E-state index contributed by atoms with van der Waals surface area (Å²) in [7, 11) is 0. The van der Waals surface area contributed by atoms with Gasteiger partial charge in [-0.15, -0.1) is 0 Å². The van der Waals surface area contributed by atoms with Crippen molar-refractivity contribution < 1.29 is 9.90 Å². The second-order valence-corrected chi connectivity index (χ2v) is 7.06. The van der Waals surface area contributed by atoms with Crippen LogP contribution in [0.15, 0.2) is 18.5 Å². The van der Waals surface area contributed by atoms with Gasteiger partial charge < -0.3 is 20.3 Å². The highest BCUT2D eigenvalue weighted by atomic mass is 16.4. The third-order valence-corrected chi connectivity index (χ3v) is 4.80. The van der Waals surface area contributed by atoms with Crippen LogP contribution in [0, 0.1) is 6.92 Å². The smallest absolute Gasteiger partial charge is 0.404 e. The summed E-state index contributed by atoms with van der Waals surface area (Å²) in [5, 5.41) is 14.8. The number of carboxylic acid groups (broad SMARTS) is 1. The molecule has 0 atom stereocenters. The van der Waals surface area contributed by atoms with E-state index in [2.05, 4.69) is 44.0 Å². The number of nitrogens with zero attached hydrogens (tertiary/aromatic N) is 4. The molecule has 0 aliphatic heterocycles. The topological polar surface area (TPSA) is 105 Å². The Hall–Kier alpha value is -2.64. The number of rotatable bonds is 5. The minimum Gasteiger partial charge on any atom is -0.465 e. The number of carbonyl (C=O) groups is 1. The van der Waals surface area contributed by atoms with E-state index in [1.807, 2.05) is 19.2 Å². The first-order valence-electron chi connectivity index (χ1n) is 9.07. The van der Waals surface area contributed by atoms with E-state index < -0.39 is 6.09 Å². The number of aryl methyl sites for hydroxylation is 1. The van der Waals surface area contributed by atoms with Crippen molar-refractivity contribution in [2.24, 2.45) is 0 Å². The predicted molar refractivity (Wildman–Crippen MR) is 99.2 cm³/mol.